The lowest BCUT2D eigenvalue weighted by molar-refractivity contribution is 0.415. The number of hydrogen-bond donors (Lipinski definition) is 1. The van der Waals surface area contributed by atoms with Crippen molar-refractivity contribution in [3.05, 3.63) is 24.3 Å². The SMILES string of the molecule is COc1ccc(N(C)CCNCC2CC2)cc1. The van der Waals surface area contributed by atoms with Crippen LogP contribution >= 0.6 is 0 Å². The first-order valence-electron chi connectivity index (χ1n) is 6.35. The van der Waals surface area contributed by atoms with Crippen LogP contribution in [0, 0.1) is 5.92 Å². The van der Waals surface area contributed by atoms with Crippen molar-refractivity contribution in [2.45, 2.75) is 12.8 Å². The molecule has 1 aliphatic rings. The van der Waals surface area contributed by atoms with Crippen molar-refractivity contribution in [1.29, 1.82) is 0 Å². The molecule has 1 aliphatic carbocycles. The van der Waals surface area contributed by atoms with Gasteiger partial charge < -0.3 is 15.0 Å². The summed E-state index contributed by atoms with van der Waals surface area (Å²) in [6, 6.07) is 8.20. The third-order valence-electron chi connectivity index (χ3n) is 3.27. The highest BCUT2D eigenvalue weighted by atomic mass is 16.5. The summed E-state index contributed by atoms with van der Waals surface area (Å²) in [4.78, 5) is 2.26. The van der Waals surface area contributed by atoms with Crippen molar-refractivity contribution >= 4 is 5.69 Å². The molecular weight excluding hydrogens is 212 g/mol. The molecule has 0 atom stereocenters. The lowest BCUT2D eigenvalue weighted by Crippen LogP contribution is -2.30. The van der Waals surface area contributed by atoms with Gasteiger partial charge in [0.25, 0.3) is 0 Å². The van der Waals surface area contributed by atoms with E-state index < -0.39 is 0 Å². The predicted molar refractivity (Wildman–Crippen MR) is 71.9 cm³/mol. The highest BCUT2D eigenvalue weighted by Gasteiger charge is 2.19. The molecule has 0 amide bonds. The second kappa shape index (κ2) is 5.92. The number of benzene rings is 1. The molecule has 0 aliphatic heterocycles. The first-order valence-corrected chi connectivity index (χ1v) is 6.35. The Kier molecular flexibility index (Phi) is 4.26. The Morgan fingerprint density at radius 2 is 2.00 bits per heavy atom. The molecule has 0 heterocycles. The second-order valence-corrected chi connectivity index (χ2v) is 4.77. The van der Waals surface area contributed by atoms with Gasteiger partial charge in [0, 0.05) is 25.8 Å². The lowest BCUT2D eigenvalue weighted by Gasteiger charge is -2.19. The number of hydrogen-bond acceptors (Lipinski definition) is 3. The summed E-state index contributed by atoms with van der Waals surface area (Å²) in [5.41, 5.74) is 1.24. The highest BCUT2D eigenvalue weighted by Crippen LogP contribution is 2.27. The molecule has 1 fully saturated rings. The number of ether oxygens (including phenoxy) is 1. The molecule has 3 nitrogen and oxygen atoms in total. The Balaban J connectivity index is 1.71. The summed E-state index contributed by atoms with van der Waals surface area (Å²) < 4.78 is 5.15. The molecular formula is C14H22N2O. The maximum atomic E-state index is 5.15. The van der Waals surface area contributed by atoms with Crippen LogP contribution in [0.15, 0.2) is 24.3 Å². The van der Waals surface area contributed by atoms with E-state index in [9.17, 15) is 0 Å². The average molecular weight is 234 g/mol. The average Bonchev–Trinajstić information content (AvgIpc) is 3.18. The van der Waals surface area contributed by atoms with Crippen LogP contribution in [0.2, 0.25) is 0 Å². The van der Waals surface area contributed by atoms with E-state index in [2.05, 4.69) is 29.4 Å². The Labute approximate surface area is 104 Å². The molecule has 0 saturated heterocycles. The van der Waals surface area contributed by atoms with Gasteiger partial charge in [0.05, 0.1) is 7.11 Å². The fourth-order valence-corrected chi connectivity index (χ4v) is 1.84. The number of anilines is 1. The number of methoxy groups -OCH3 is 1. The Morgan fingerprint density at radius 3 is 2.59 bits per heavy atom. The Hall–Kier alpha value is -1.22. The number of rotatable bonds is 7. The molecule has 0 bridgehead atoms. The molecule has 1 N–H and O–H groups in total. The van der Waals surface area contributed by atoms with Gasteiger partial charge in [0.15, 0.2) is 0 Å². The molecule has 17 heavy (non-hydrogen) atoms. The van der Waals surface area contributed by atoms with Gasteiger partial charge in [-0.1, -0.05) is 0 Å². The molecule has 3 heteroatoms. The number of nitrogens with one attached hydrogen (secondary N) is 1. The standard InChI is InChI=1S/C14H22N2O/c1-16(10-9-15-11-12-3-4-12)13-5-7-14(17-2)8-6-13/h5-8,12,15H,3-4,9-11H2,1-2H3. The van der Waals surface area contributed by atoms with Gasteiger partial charge in [-0.05, 0) is 49.6 Å². The smallest absolute Gasteiger partial charge is 0.119 e. The van der Waals surface area contributed by atoms with Crippen LogP contribution in [0.25, 0.3) is 0 Å². The van der Waals surface area contributed by atoms with Crippen LogP contribution in [0.4, 0.5) is 5.69 Å². The van der Waals surface area contributed by atoms with E-state index in [0.717, 1.165) is 24.8 Å². The van der Waals surface area contributed by atoms with Crippen LogP contribution in [0.5, 0.6) is 5.75 Å². The van der Waals surface area contributed by atoms with Crippen LogP contribution in [0.3, 0.4) is 0 Å². The van der Waals surface area contributed by atoms with Crippen molar-refractivity contribution in [2.75, 3.05) is 38.7 Å². The van der Waals surface area contributed by atoms with E-state index in [1.165, 1.54) is 25.1 Å². The first-order chi connectivity index (χ1) is 8.29. The molecule has 0 unspecified atom stereocenters. The zero-order valence-corrected chi connectivity index (χ0v) is 10.8. The van der Waals surface area contributed by atoms with Gasteiger partial charge in [0.2, 0.25) is 0 Å². The third kappa shape index (κ3) is 3.93. The minimum Gasteiger partial charge on any atom is -0.497 e. The fraction of sp³-hybridized carbons (Fsp3) is 0.571. The molecule has 0 radical (unpaired) electrons. The molecule has 94 valence electrons. The zero-order valence-electron chi connectivity index (χ0n) is 10.8. The van der Waals surface area contributed by atoms with Gasteiger partial charge in [-0.15, -0.1) is 0 Å². The van der Waals surface area contributed by atoms with Crippen molar-refractivity contribution in [3.8, 4) is 5.75 Å². The number of likely N-dealkylation sites (N-methyl/N-ethyl adjacent to an activating group) is 1. The van der Waals surface area contributed by atoms with E-state index in [1.54, 1.807) is 7.11 Å². The summed E-state index contributed by atoms with van der Waals surface area (Å²) >= 11 is 0. The summed E-state index contributed by atoms with van der Waals surface area (Å²) in [7, 11) is 3.82. The molecule has 0 spiro atoms. The molecule has 2 rings (SSSR count). The minimum absolute atomic E-state index is 0.911. The Bertz CT molecular complexity index is 333. The van der Waals surface area contributed by atoms with E-state index in [-0.39, 0.29) is 0 Å². The van der Waals surface area contributed by atoms with E-state index in [1.807, 2.05) is 12.1 Å². The molecule has 0 aromatic heterocycles. The molecule has 1 aromatic rings. The second-order valence-electron chi connectivity index (χ2n) is 4.77. The largest absolute Gasteiger partial charge is 0.497 e. The van der Waals surface area contributed by atoms with Crippen molar-refractivity contribution in [3.63, 3.8) is 0 Å². The van der Waals surface area contributed by atoms with Crippen molar-refractivity contribution in [1.82, 2.24) is 5.32 Å². The van der Waals surface area contributed by atoms with Gasteiger partial charge >= 0.3 is 0 Å². The Morgan fingerprint density at radius 1 is 1.29 bits per heavy atom. The first kappa shape index (κ1) is 12.2. The van der Waals surface area contributed by atoms with Gasteiger partial charge in [0.1, 0.15) is 5.75 Å². The minimum atomic E-state index is 0.911. The van der Waals surface area contributed by atoms with Gasteiger partial charge in [-0.25, -0.2) is 0 Å². The van der Waals surface area contributed by atoms with Crippen molar-refractivity contribution < 1.29 is 4.74 Å². The summed E-state index contributed by atoms with van der Waals surface area (Å²) in [6.07, 6.45) is 2.84. The molecule has 1 saturated carbocycles. The fourth-order valence-electron chi connectivity index (χ4n) is 1.84. The molecule has 1 aromatic carbocycles. The predicted octanol–water partition coefficient (Wildman–Crippen LogP) is 2.13. The summed E-state index contributed by atoms with van der Waals surface area (Å²) in [6.45, 7) is 3.29. The van der Waals surface area contributed by atoms with Crippen LogP contribution in [0.1, 0.15) is 12.8 Å². The monoisotopic (exact) mass is 234 g/mol. The summed E-state index contributed by atoms with van der Waals surface area (Å²) in [5.74, 6) is 1.87. The van der Waals surface area contributed by atoms with Gasteiger partial charge in [-0.2, -0.15) is 0 Å². The number of nitrogens with zero attached hydrogens (tertiary/aromatic N) is 1. The quantitative estimate of drug-likeness (QED) is 0.731. The topological polar surface area (TPSA) is 24.5 Å². The summed E-state index contributed by atoms with van der Waals surface area (Å²) in [5, 5.41) is 3.50. The van der Waals surface area contributed by atoms with Crippen LogP contribution < -0.4 is 15.0 Å². The van der Waals surface area contributed by atoms with E-state index in [0.29, 0.717) is 0 Å². The maximum absolute atomic E-state index is 5.15. The van der Waals surface area contributed by atoms with E-state index >= 15 is 0 Å². The van der Waals surface area contributed by atoms with Crippen LogP contribution in [-0.2, 0) is 0 Å². The normalized spacial score (nSPS) is 14.7. The van der Waals surface area contributed by atoms with E-state index in [4.69, 9.17) is 4.74 Å². The van der Waals surface area contributed by atoms with Crippen LogP contribution in [-0.4, -0.2) is 33.8 Å². The van der Waals surface area contributed by atoms with Crippen molar-refractivity contribution in [2.24, 2.45) is 5.92 Å². The third-order valence-corrected chi connectivity index (χ3v) is 3.27. The highest BCUT2D eigenvalue weighted by molar-refractivity contribution is 5.48. The maximum Gasteiger partial charge on any atom is 0.119 e. The zero-order chi connectivity index (χ0) is 12.1. The lowest BCUT2D eigenvalue weighted by atomic mass is 10.3. The van der Waals surface area contributed by atoms with Gasteiger partial charge in [-0.3, -0.25) is 0 Å².